The van der Waals surface area contributed by atoms with Crippen molar-refractivity contribution in [3.05, 3.63) is 17.5 Å². The van der Waals surface area contributed by atoms with E-state index >= 15 is 0 Å². The predicted molar refractivity (Wildman–Crippen MR) is 56.8 cm³/mol. The standard InChI is InChI=1S/C11H13N3O3/c1-16-6-8-4-9(14-17-8)11(15)13-10(5-12)7-2-3-7/h4,7,10H,2-3,6H2,1H3,(H,13,15). The van der Waals surface area contributed by atoms with Crippen LogP contribution in [0.1, 0.15) is 29.1 Å². The molecular weight excluding hydrogens is 222 g/mol. The van der Waals surface area contributed by atoms with Crippen LogP contribution in [0.2, 0.25) is 0 Å². The highest BCUT2D eigenvalue weighted by Crippen LogP contribution is 2.32. The van der Waals surface area contributed by atoms with Crippen LogP contribution in [-0.4, -0.2) is 24.2 Å². The molecule has 2 rings (SSSR count). The molecule has 90 valence electrons. The lowest BCUT2D eigenvalue weighted by molar-refractivity contribution is 0.0932. The minimum absolute atomic E-state index is 0.179. The van der Waals surface area contributed by atoms with Crippen LogP contribution >= 0.6 is 0 Å². The zero-order valence-corrected chi connectivity index (χ0v) is 9.47. The first-order chi connectivity index (χ1) is 8.24. The first-order valence-electron chi connectivity index (χ1n) is 5.39. The number of nitrogens with one attached hydrogen (secondary N) is 1. The topological polar surface area (TPSA) is 88.1 Å². The maximum absolute atomic E-state index is 11.7. The number of carbonyl (C=O) groups excluding carboxylic acids is 1. The molecule has 1 atom stereocenters. The first-order valence-corrected chi connectivity index (χ1v) is 5.39. The number of hydrogen-bond donors (Lipinski definition) is 1. The molecule has 0 aromatic carbocycles. The normalized spacial score (nSPS) is 16.2. The van der Waals surface area contributed by atoms with E-state index in [4.69, 9.17) is 14.5 Å². The van der Waals surface area contributed by atoms with E-state index in [1.807, 2.05) is 0 Å². The van der Waals surface area contributed by atoms with Gasteiger partial charge >= 0.3 is 0 Å². The minimum atomic E-state index is -0.426. The Morgan fingerprint density at radius 3 is 3.18 bits per heavy atom. The number of methoxy groups -OCH3 is 1. The summed E-state index contributed by atoms with van der Waals surface area (Å²) in [5.41, 5.74) is 0.179. The molecule has 0 spiro atoms. The van der Waals surface area contributed by atoms with E-state index in [1.165, 1.54) is 13.2 Å². The van der Waals surface area contributed by atoms with Gasteiger partial charge in [0.1, 0.15) is 12.6 Å². The molecule has 1 amide bonds. The molecule has 1 aliphatic rings. The summed E-state index contributed by atoms with van der Waals surface area (Å²) < 4.78 is 9.75. The van der Waals surface area contributed by atoms with Crippen LogP contribution in [0, 0.1) is 17.2 Å². The third kappa shape index (κ3) is 2.82. The van der Waals surface area contributed by atoms with Gasteiger partial charge in [-0.05, 0) is 18.8 Å². The number of ether oxygens (including phenoxy) is 1. The molecule has 6 nitrogen and oxygen atoms in total. The van der Waals surface area contributed by atoms with Gasteiger partial charge in [-0.2, -0.15) is 5.26 Å². The molecule has 1 fully saturated rings. The van der Waals surface area contributed by atoms with Crippen LogP contribution in [0.25, 0.3) is 0 Å². The van der Waals surface area contributed by atoms with Crippen molar-refractivity contribution >= 4 is 5.91 Å². The van der Waals surface area contributed by atoms with E-state index < -0.39 is 6.04 Å². The van der Waals surface area contributed by atoms with Gasteiger partial charge in [0.05, 0.1) is 6.07 Å². The quantitative estimate of drug-likeness (QED) is 0.817. The van der Waals surface area contributed by atoms with Gasteiger partial charge in [0.2, 0.25) is 0 Å². The Labute approximate surface area is 98.5 Å². The smallest absolute Gasteiger partial charge is 0.274 e. The number of nitriles is 1. The molecule has 0 bridgehead atoms. The fourth-order valence-electron chi connectivity index (χ4n) is 1.53. The van der Waals surface area contributed by atoms with Crippen LogP contribution in [0.15, 0.2) is 10.6 Å². The van der Waals surface area contributed by atoms with Crippen molar-refractivity contribution in [2.24, 2.45) is 5.92 Å². The predicted octanol–water partition coefficient (Wildman–Crippen LogP) is 0.853. The van der Waals surface area contributed by atoms with E-state index in [2.05, 4.69) is 16.5 Å². The second-order valence-corrected chi connectivity index (χ2v) is 4.03. The SMILES string of the molecule is COCc1cc(C(=O)NC(C#N)C2CC2)no1. The molecular formula is C11H13N3O3. The molecule has 1 unspecified atom stereocenters. The van der Waals surface area contributed by atoms with Crippen molar-refractivity contribution in [2.75, 3.05) is 7.11 Å². The first kappa shape index (κ1) is 11.6. The molecule has 1 aromatic heterocycles. The summed E-state index contributed by atoms with van der Waals surface area (Å²) in [4.78, 5) is 11.7. The van der Waals surface area contributed by atoms with Gasteiger partial charge in [0.25, 0.3) is 5.91 Å². The molecule has 0 aliphatic heterocycles. The van der Waals surface area contributed by atoms with Crippen LogP contribution in [0.3, 0.4) is 0 Å². The lowest BCUT2D eigenvalue weighted by Gasteiger charge is -2.07. The summed E-state index contributed by atoms with van der Waals surface area (Å²) in [7, 11) is 1.53. The van der Waals surface area contributed by atoms with E-state index in [-0.39, 0.29) is 24.1 Å². The zero-order valence-electron chi connectivity index (χ0n) is 9.47. The van der Waals surface area contributed by atoms with Crippen molar-refractivity contribution in [1.82, 2.24) is 10.5 Å². The molecule has 1 heterocycles. The molecule has 1 aromatic rings. The maximum Gasteiger partial charge on any atom is 0.274 e. The van der Waals surface area contributed by atoms with Crippen LogP contribution in [0.5, 0.6) is 0 Å². The fraction of sp³-hybridized carbons (Fsp3) is 0.545. The number of hydrogen-bond acceptors (Lipinski definition) is 5. The van der Waals surface area contributed by atoms with Gasteiger partial charge in [0, 0.05) is 13.2 Å². The van der Waals surface area contributed by atoms with Crippen LogP contribution in [0.4, 0.5) is 0 Å². The van der Waals surface area contributed by atoms with Gasteiger partial charge in [-0.15, -0.1) is 0 Å². The molecule has 0 saturated heterocycles. The Hall–Kier alpha value is -1.87. The van der Waals surface area contributed by atoms with Crippen molar-refractivity contribution in [1.29, 1.82) is 5.26 Å². The highest BCUT2D eigenvalue weighted by Gasteiger charge is 2.32. The highest BCUT2D eigenvalue weighted by molar-refractivity contribution is 5.92. The average Bonchev–Trinajstić information content (AvgIpc) is 3.06. The number of aromatic nitrogens is 1. The second-order valence-electron chi connectivity index (χ2n) is 4.03. The monoisotopic (exact) mass is 235 g/mol. The van der Waals surface area contributed by atoms with Gasteiger partial charge in [0.15, 0.2) is 11.5 Å². The molecule has 1 aliphatic carbocycles. The van der Waals surface area contributed by atoms with Crippen molar-refractivity contribution in [2.45, 2.75) is 25.5 Å². The Morgan fingerprint density at radius 1 is 1.82 bits per heavy atom. The Kier molecular flexibility index (Phi) is 3.40. The van der Waals surface area contributed by atoms with Gasteiger partial charge in [-0.25, -0.2) is 0 Å². The zero-order chi connectivity index (χ0) is 12.3. The maximum atomic E-state index is 11.7. The van der Waals surface area contributed by atoms with Gasteiger partial charge in [-0.1, -0.05) is 5.16 Å². The highest BCUT2D eigenvalue weighted by atomic mass is 16.5. The number of amides is 1. The average molecular weight is 235 g/mol. The Bertz CT molecular complexity index is 445. The van der Waals surface area contributed by atoms with E-state index in [1.54, 1.807) is 0 Å². The Balaban J connectivity index is 1.96. The lowest BCUT2D eigenvalue weighted by atomic mass is 10.2. The number of nitrogens with zero attached hydrogens (tertiary/aromatic N) is 2. The van der Waals surface area contributed by atoms with Gasteiger partial charge < -0.3 is 14.6 Å². The largest absolute Gasteiger partial charge is 0.377 e. The second kappa shape index (κ2) is 4.97. The summed E-state index contributed by atoms with van der Waals surface area (Å²) in [6.07, 6.45) is 1.98. The summed E-state index contributed by atoms with van der Waals surface area (Å²) in [6, 6.07) is 3.17. The van der Waals surface area contributed by atoms with Crippen molar-refractivity contribution < 1.29 is 14.1 Å². The summed E-state index contributed by atoms with van der Waals surface area (Å²) in [5.74, 6) is 0.390. The summed E-state index contributed by atoms with van der Waals surface area (Å²) in [5, 5.41) is 15.2. The summed E-state index contributed by atoms with van der Waals surface area (Å²) >= 11 is 0. The van der Waals surface area contributed by atoms with E-state index in [0.717, 1.165) is 12.8 Å². The van der Waals surface area contributed by atoms with Crippen LogP contribution in [-0.2, 0) is 11.3 Å². The molecule has 6 heteroatoms. The van der Waals surface area contributed by atoms with Gasteiger partial charge in [-0.3, -0.25) is 4.79 Å². The number of carbonyl (C=O) groups is 1. The third-order valence-corrected chi connectivity index (χ3v) is 2.60. The number of rotatable bonds is 5. The lowest BCUT2D eigenvalue weighted by Crippen LogP contribution is -2.35. The third-order valence-electron chi connectivity index (χ3n) is 2.60. The molecule has 0 radical (unpaired) electrons. The molecule has 1 N–H and O–H groups in total. The van der Waals surface area contributed by atoms with Crippen LogP contribution < -0.4 is 5.32 Å². The van der Waals surface area contributed by atoms with Crippen molar-refractivity contribution in [3.8, 4) is 6.07 Å². The Morgan fingerprint density at radius 2 is 2.59 bits per heavy atom. The minimum Gasteiger partial charge on any atom is -0.377 e. The van der Waals surface area contributed by atoms with Crippen molar-refractivity contribution in [3.63, 3.8) is 0 Å². The fourth-order valence-corrected chi connectivity index (χ4v) is 1.53. The summed E-state index contributed by atoms with van der Waals surface area (Å²) in [6.45, 7) is 0.268. The van der Waals surface area contributed by atoms with E-state index in [0.29, 0.717) is 5.76 Å². The van der Waals surface area contributed by atoms with E-state index in [9.17, 15) is 4.79 Å². The molecule has 1 saturated carbocycles. The molecule has 17 heavy (non-hydrogen) atoms.